The van der Waals surface area contributed by atoms with Crippen molar-refractivity contribution in [1.82, 2.24) is 0 Å². The van der Waals surface area contributed by atoms with Crippen LogP contribution in [0.15, 0.2) is 48.5 Å². The molecule has 2 aromatic carbocycles. The van der Waals surface area contributed by atoms with Crippen molar-refractivity contribution in [3.8, 4) is 0 Å². The van der Waals surface area contributed by atoms with E-state index in [4.69, 9.17) is 17.3 Å². The van der Waals surface area contributed by atoms with Crippen LogP contribution in [0.1, 0.15) is 25.7 Å². The molecule has 1 aliphatic rings. The van der Waals surface area contributed by atoms with Crippen LogP contribution in [0.25, 0.3) is 0 Å². The maximum atomic E-state index is 12.3. The van der Waals surface area contributed by atoms with E-state index in [1.807, 2.05) is 0 Å². The second-order valence-electron chi connectivity index (χ2n) is 6.78. The van der Waals surface area contributed by atoms with Crippen molar-refractivity contribution in [1.29, 1.82) is 0 Å². The predicted octanol–water partition coefficient (Wildman–Crippen LogP) is 4.44. The zero-order valence-electron chi connectivity index (χ0n) is 14.9. The number of carbonyl (C=O) groups excluding carboxylic acids is 2. The number of carbonyl (C=O) groups is 2. The highest BCUT2D eigenvalue weighted by molar-refractivity contribution is 6.30. The molecule has 1 fully saturated rings. The van der Waals surface area contributed by atoms with E-state index in [1.54, 1.807) is 48.5 Å². The van der Waals surface area contributed by atoms with Gasteiger partial charge in [-0.15, -0.1) is 0 Å². The van der Waals surface area contributed by atoms with Gasteiger partial charge in [0.1, 0.15) is 0 Å². The van der Waals surface area contributed by atoms with Gasteiger partial charge in [-0.05, 0) is 67.8 Å². The highest BCUT2D eigenvalue weighted by atomic mass is 35.5. The lowest BCUT2D eigenvalue weighted by Crippen LogP contribution is -2.34. The maximum Gasteiger partial charge on any atom is 0.323 e. The fourth-order valence-electron chi connectivity index (χ4n) is 3.17. The fourth-order valence-corrected chi connectivity index (χ4v) is 3.30. The summed E-state index contributed by atoms with van der Waals surface area (Å²) in [5, 5.41) is 8.99. The molecule has 0 aromatic heterocycles. The summed E-state index contributed by atoms with van der Waals surface area (Å²) in [5.74, 6) is -0.0250. The van der Waals surface area contributed by atoms with Gasteiger partial charge in [0.2, 0.25) is 5.91 Å². The van der Waals surface area contributed by atoms with Gasteiger partial charge in [0.15, 0.2) is 0 Å². The first kappa shape index (κ1) is 19.2. The topological polar surface area (TPSA) is 96.2 Å². The van der Waals surface area contributed by atoms with Gasteiger partial charge in [-0.1, -0.05) is 18.0 Å². The number of urea groups is 1. The van der Waals surface area contributed by atoms with Crippen LogP contribution in [0.3, 0.4) is 0 Å². The lowest BCUT2D eigenvalue weighted by Gasteiger charge is -2.25. The summed E-state index contributed by atoms with van der Waals surface area (Å²) in [5.41, 5.74) is 7.92. The van der Waals surface area contributed by atoms with E-state index in [-0.39, 0.29) is 23.9 Å². The quantitative estimate of drug-likeness (QED) is 0.625. The van der Waals surface area contributed by atoms with Gasteiger partial charge in [-0.25, -0.2) is 4.79 Å². The molecule has 0 heterocycles. The first-order valence-corrected chi connectivity index (χ1v) is 9.37. The average molecular weight is 387 g/mol. The third kappa shape index (κ3) is 5.70. The third-order valence-electron chi connectivity index (χ3n) is 4.60. The highest BCUT2D eigenvalue weighted by Gasteiger charge is 2.25. The Bertz CT molecular complexity index is 793. The molecule has 0 spiro atoms. The molecule has 2 unspecified atom stereocenters. The summed E-state index contributed by atoms with van der Waals surface area (Å²) in [6.07, 6.45) is 3.59. The van der Waals surface area contributed by atoms with E-state index >= 15 is 0 Å². The van der Waals surface area contributed by atoms with Gasteiger partial charge in [0.25, 0.3) is 0 Å². The summed E-state index contributed by atoms with van der Waals surface area (Å²) in [4.78, 5) is 24.4. The Kier molecular flexibility index (Phi) is 6.32. The zero-order valence-corrected chi connectivity index (χ0v) is 15.6. The molecule has 3 amide bonds. The normalized spacial score (nSPS) is 19.2. The van der Waals surface area contributed by atoms with Crippen LogP contribution in [-0.2, 0) is 4.79 Å². The molecule has 142 valence electrons. The third-order valence-corrected chi connectivity index (χ3v) is 4.85. The monoisotopic (exact) mass is 386 g/mol. The van der Waals surface area contributed by atoms with Crippen molar-refractivity contribution in [2.75, 3.05) is 16.0 Å². The first-order chi connectivity index (χ1) is 13.0. The first-order valence-electron chi connectivity index (χ1n) is 8.99. The average Bonchev–Trinajstić information content (AvgIpc) is 2.65. The Labute approximate surface area is 163 Å². The maximum absolute atomic E-state index is 12.3. The van der Waals surface area contributed by atoms with E-state index in [9.17, 15) is 9.59 Å². The van der Waals surface area contributed by atoms with Crippen LogP contribution in [0.5, 0.6) is 0 Å². The highest BCUT2D eigenvalue weighted by Crippen LogP contribution is 2.25. The smallest absolute Gasteiger partial charge is 0.323 e. The van der Waals surface area contributed by atoms with Gasteiger partial charge >= 0.3 is 6.03 Å². The molecule has 5 N–H and O–H groups in total. The standard InChI is InChI=1S/C20H23ClN4O2/c21-14-4-6-17(7-5-14)24-20(27)25-18-10-8-16(9-11-18)23-19(26)13-2-1-3-15(22)12-13/h4-11,13,15H,1-3,12,22H2,(H,23,26)(H2,24,25,27). The summed E-state index contributed by atoms with van der Waals surface area (Å²) in [6.45, 7) is 0. The van der Waals surface area contributed by atoms with Crippen LogP contribution < -0.4 is 21.7 Å². The zero-order chi connectivity index (χ0) is 19.2. The molecular weight excluding hydrogens is 364 g/mol. The second-order valence-corrected chi connectivity index (χ2v) is 7.21. The predicted molar refractivity (Wildman–Crippen MR) is 109 cm³/mol. The number of rotatable bonds is 4. The number of hydrogen-bond acceptors (Lipinski definition) is 3. The molecule has 7 heteroatoms. The summed E-state index contributed by atoms with van der Waals surface area (Å²) < 4.78 is 0. The molecule has 0 radical (unpaired) electrons. The lowest BCUT2D eigenvalue weighted by molar-refractivity contribution is -0.120. The molecule has 0 bridgehead atoms. The summed E-state index contributed by atoms with van der Waals surface area (Å²) in [7, 11) is 0. The molecule has 6 nitrogen and oxygen atoms in total. The van der Waals surface area contributed by atoms with Crippen molar-refractivity contribution in [2.24, 2.45) is 11.7 Å². The Hall–Kier alpha value is -2.57. The van der Waals surface area contributed by atoms with Crippen LogP contribution in [0.2, 0.25) is 5.02 Å². The molecule has 27 heavy (non-hydrogen) atoms. The molecule has 1 saturated carbocycles. The Morgan fingerprint density at radius 1 is 0.852 bits per heavy atom. The Morgan fingerprint density at radius 3 is 1.93 bits per heavy atom. The number of nitrogens with two attached hydrogens (primary N) is 1. The Morgan fingerprint density at radius 2 is 1.37 bits per heavy atom. The van der Waals surface area contributed by atoms with Gasteiger partial charge in [0.05, 0.1) is 0 Å². The van der Waals surface area contributed by atoms with E-state index in [0.717, 1.165) is 25.7 Å². The summed E-state index contributed by atoms with van der Waals surface area (Å²) in [6, 6.07) is 13.6. The van der Waals surface area contributed by atoms with Crippen LogP contribution in [0.4, 0.5) is 21.9 Å². The molecule has 3 rings (SSSR count). The summed E-state index contributed by atoms with van der Waals surface area (Å²) >= 11 is 5.82. The van der Waals surface area contributed by atoms with E-state index in [1.165, 1.54) is 0 Å². The SMILES string of the molecule is NC1CCCC(C(=O)Nc2ccc(NC(=O)Nc3ccc(Cl)cc3)cc2)C1. The number of nitrogens with one attached hydrogen (secondary N) is 3. The van der Waals surface area contributed by atoms with Crippen LogP contribution >= 0.6 is 11.6 Å². The fraction of sp³-hybridized carbons (Fsp3) is 0.300. The molecular formula is C20H23ClN4O2. The van der Waals surface area contributed by atoms with E-state index in [0.29, 0.717) is 22.1 Å². The van der Waals surface area contributed by atoms with Crippen molar-refractivity contribution < 1.29 is 9.59 Å². The Balaban J connectivity index is 1.51. The van der Waals surface area contributed by atoms with Gasteiger partial charge in [-0.3, -0.25) is 4.79 Å². The molecule has 0 aliphatic heterocycles. The largest absolute Gasteiger partial charge is 0.328 e. The van der Waals surface area contributed by atoms with Crippen LogP contribution in [-0.4, -0.2) is 18.0 Å². The van der Waals surface area contributed by atoms with E-state index in [2.05, 4.69) is 16.0 Å². The van der Waals surface area contributed by atoms with Crippen molar-refractivity contribution in [3.63, 3.8) is 0 Å². The molecule has 0 saturated heterocycles. The number of anilines is 3. The van der Waals surface area contributed by atoms with Crippen LogP contribution in [0, 0.1) is 5.92 Å². The van der Waals surface area contributed by atoms with Crippen molar-refractivity contribution >= 4 is 40.6 Å². The second kappa shape index (κ2) is 8.88. The van der Waals surface area contributed by atoms with Gasteiger partial charge in [-0.2, -0.15) is 0 Å². The van der Waals surface area contributed by atoms with Crippen molar-refractivity contribution in [3.05, 3.63) is 53.6 Å². The van der Waals surface area contributed by atoms with Crippen molar-refractivity contribution in [2.45, 2.75) is 31.7 Å². The number of amides is 3. The lowest BCUT2D eigenvalue weighted by atomic mass is 9.85. The number of halogens is 1. The number of benzene rings is 2. The molecule has 1 aliphatic carbocycles. The number of hydrogen-bond donors (Lipinski definition) is 4. The van der Waals surface area contributed by atoms with Gasteiger partial charge in [0, 0.05) is 34.0 Å². The van der Waals surface area contributed by atoms with Gasteiger partial charge < -0.3 is 21.7 Å². The minimum absolute atomic E-state index is 0.00587. The van der Waals surface area contributed by atoms with E-state index < -0.39 is 0 Å². The molecule has 2 atom stereocenters. The minimum atomic E-state index is -0.356. The minimum Gasteiger partial charge on any atom is -0.328 e. The molecule has 2 aromatic rings.